The molecule has 1 fully saturated rings. The molecule has 1 heterocycles. The normalized spacial score (nSPS) is 18.2. The van der Waals surface area contributed by atoms with E-state index >= 15 is 0 Å². The summed E-state index contributed by atoms with van der Waals surface area (Å²) in [6.07, 6.45) is 0.967. The van der Waals surface area contributed by atoms with Gasteiger partial charge in [-0.25, -0.2) is 0 Å². The highest BCUT2D eigenvalue weighted by Gasteiger charge is 2.28. The Bertz CT molecular complexity index is 618. The minimum absolute atomic E-state index is 0. The topological polar surface area (TPSA) is 56.7 Å². The molecule has 1 amide bonds. The molecule has 0 saturated carbocycles. The lowest BCUT2D eigenvalue weighted by molar-refractivity contribution is -0.133. The number of halogens is 1. The Balaban J connectivity index is 0.00000392. The van der Waals surface area contributed by atoms with Crippen molar-refractivity contribution < 1.29 is 4.79 Å². The zero-order chi connectivity index (χ0) is 19.8. The predicted molar refractivity (Wildman–Crippen MR) is 128 cm³/mol. The van der Waals surface area contributed by atoms with Crippen LogP contribution in [0.1, 0.15) is 52.5 Å². The first-order valence-corrected chi connectivity index (χ1v) is 10.3. The van der Waals surface area contributed by atoms with Crippen molar-refractivity contribution in [2.75, 3.05) is 26.2 Å². The van der Waals surface area contributed by atoms with Crippen LogP contribution in [0.25, 0.3) is 0 Å². The molecule has 158 valence electrons. The van der Waals surface area contributed by atoms with Crippen LogP contribution in [0, 0.1) is 11.8 Å². The van der Waals surface area contributed by atoms with E-state index in [1.54, 1.807) is 0 Å². The van der Waals surface area contributed by atoms with E-state index in [4.69, 9.17) is 4.99 Å². The first-order valence-electron chi connectivity index (χ1n) is 10.3. The van der Waals surface area contributed by atoms with Crippen LogP contribution in [-0.4, -0.2) is 49.0 Å². The third-order valence-corrected chi connectivity index (χ3v) is 5.16. The Labute approximate surface area is 187 Å². The van der Waals surface area contributed by atoms with Gasteiger partial charge in [0.25, 0.3) is 0 Å². The molecule has 1 aromatic rings. The average Bonchev–Trinajstić information content (AvgIpc) is 3.10. The van der Waals surface area contributed by atoms with Crippen LogP contribution in [0.4, 0.5) is 0 Å². The maximum Gasteiger partial charge on any atom is 0.225 e. The van der Waals surface area contributed by atoms with E-state index in [-0.39, 0.29) is 41.8 Å². The lowest BCUT2D eigenvalue weighted by atomic mass is 9.88. The van der Waals surface area contributed by atoms with Crippen LogP contribution in [0.2, 0.25) is 0 Å². The van der Waals surface area contributed by atoms with Gasteiger partial charge in [0.15, 0.2) is 5.96 Å². The summed E-state index contributed by atoms with van der Waals surface area (Å²) in [5, 5.41) is 6.89. The van der Waals surface area contributed by atoms with E-state index in [9.17, 15) is 4.79 Å². The quantitative estimate of drug-likeness (QED) is 0.340. The molecular weight excluding hydrogens is 463 g/mol. The number of likely N-dealkylation sites (tertiary alicyclic amines) is 1. The van der Waals surface area contributed by atoms with Crippen LogP contribution < -0.4 is 10.6 Å². The lowest BCUT2D eigenvalue weighted by Gasteiger charge is -2.22. The smallest absolute Gasteiger partial charge is 0.225 e. The molecule has 1 aliphatic rings. The van der Waals surface area contributed by atoms with Gasteiger partial charge in [-0.2, -0.15) is 0 Å². The first kappa shape index (κ1) is 24.7. The molecule has 6 heteroatoms. The number of carbonyl (C=O) groups is 1. The molecule has 2 unspecified atom stereocenters. The number of benzene rings is 1. The zero-order valence-electron chi connectivity index (χ0n) is 17.9. The second-order valence-corrected chi connectivity index (χ2v) is 8.05. The van der Waals surface area contributed by atoms with E-state index < -0.39 is 0 Å². The van der Waals surface area contributed by atoms with Gasteiger partial charge in [-0.3, -0.25) is 9.79 Å². The average molecular weight is 500 g/mol. The van der Waals surface area contributed by atoms with Crippen molar-refractivity contribution in [2.45, 2.75) is 53.0 Å². The summed E-state index contributed by atoms with van der Waals surface area (Å²) in [7, 11) is 0. The number of hydrogen-bond acceptors (Lipinski definition) is 2. The number of guanidine groups is 1. The van der Waals surface area contributed by atoms with Crippen LogP contribution in [-0.2, 0) is 4.79 Å². The molecule has 28 heavy (non-hydrogen) atoms. The molecule has 2 atom stereocenters. The monoisotopic (exact) mass is 500 g/mol. The molecule has 0 radical (unpaired) electrons. The van der Waals surface area contributed by atoms with Crippen LogP contribution in [0.5, 0.6) is 0 Å². The van der Waals surface area contributed by atoms with E-state index in [0.29, 0.717) is 11.8 Å². The van der Waals surface area contributed by atoms with Crippen molar-refractivity contribution in [3.63, 3.8) is 0 Å². The zero-order valence-corrected chi connectivity index (χ0v) is 20.3. The molecule has 0 bridgehead atoms. The SMILES string of the molecule is CCNC(=NCC(c1ccccc1)C(C)C)NC1CCN(C(=O)C(C)C)C1.I. The van der Waals surface area contributed by atoms with Gasteiger partial charge in [0.05, 0.1) is 0 Å². The Hall–Kier alpha value is -1.31. The van der Waals surface area contributed by atoms with Crippen LogP contribution in [0.15, 0.2) is 35.3 Å². The van der Waals surface area contributed by atoms with Gasteiger partial charge in [0.1, 0.15) is 0 Å². The number of aliphatic imine (C=N–C) groups is 1. The molecule has 1 saturated heterocycles. The van der Waals surface area contributed by atoms with E-state index in [1.165, 1.54) is 5.56 Å². The largest absolute Gasteiger partial charge is 0.357 e. The minimum Gasteiger partial charge on any atom is -0.357 e. The van der Waals surface area contributed by atoms with Crippen molar-refractivity contribution in [1.82, 2.24) is 15.5 Å². The van der Waals surface area contributed by atoms with Crippen LogP contribution in [0.3, 0.4) is 0 Å². The second-order valence-electron chi connectivity index (χ2n) is 8.05. The molecule has 5 nitrogen and oxygen atoms in total. The highest BCUT2D eigenvalue weighted by molar-refractivity contribution is 14.0. The van der Waals surface area contributed by atoms with E-state index in [2.05, 4.69) is 61.7 Å². The number of amides is 1. The van der Waals surface area contributed by atoms with E-state index in [0.717, 1.165) is 38.6 Å². The third-order valence-electron chi connectivity index (χ3n) is 5.16. The Kier molecular flexibility index (Phi) is 10.9. The van der Waals surface area contributed by atoms with Gasteiger partial charge in [-0.15, -0.1) is 24.0 Å². The van der Waals surface area contributed by atoms with Crippen molar-refractivity contribution in [2.24, 2.45) is 16.8 Å². The fourth-order valence-corrected chi connectivity index (χ4v) is 3.55. The van der Waals surface area contributed by atoms with Crippen molar-refractivity contribution in [3.05, 3.63) is 35.9 Å². The number of carbonyl (C=O) groups excluding carboxylic acids is 1. The Morgan fingerprint density at radius 3 is 2.46 bits per heavy atom. The summed E-state index contributed by atoms with van der Waals surface area (Å²) < 4.78 is 0. The van der Waals surface area contributed by atoms with Crippen molar-refractivity contribution in [1.29, 1.82) is 0 Å². The van der Waals surface area contributed by atoms with Gasteiger partial charge in [0, 0.05) is 44.1 Å². The molecule has 1 aromatic carbocycles. The van der Waals surface area contributed by atoms with Gasteiger partial charge in [-0.1, -0.05) is 58.0 Å². The Morgan fingerprint density at radius 2 is 1.89 bits per heavy atom. The van der Waals surface area contributed by atoms with Gasteiger partial charge in [-0.05, 0) is 24.8 Å². The third kappa shape index (κ3) is 7.26. The summed E-state index contributed by atoms with van der Waals surface area (Å²) in [6, 6.07) is 10.9. The summed E-state index contributed by atoms with van der Waals surface area (Å²) >= 11 is 0. The maximum atomic E-state index is 12.2. The minimum atomic E-state index is 0. The number of nitrogens with zero attached hydrogens (tertiary/aromatic N) is 2. The summed E-state index contributed by atoms with van der Waals surface area (Å²) in [5.74, 6) is 2.06. The van der Waals surface area contributed by atoms with Gasteiger partial charge >= 0.3 is 0 Å². The molecule has 2 N–H and O–H groups in total. The van der Waals surface area contributed by atoms with E-state index in [1.807, 2.05) is 18.7 Å². The number of rotatable bonds is 7. The second kappa shape index (κ2) is 12.3. The van der Waals surface area contributed by atoms with Crippen molar-refractivity contribution in [3.8, 4) is 0 Å². The summed E-state index contributed by atoms with van der Waals surface area (Å²) in [4.78, 5) is 19.0. The van der Waals surface area contributed by atoms with Crippen molar-refractivity contribution >= 4 is 35.8 Å². The van der Waals surface area contributed by atoms with Crippen LogP contribution >= 0.6 is 24.0 Å². The van der Waals surface area contributed by atoms with Gasteiger partial charge in [0.2, 0.25) is 5.91 Å². The number of hydrogen-bond donors (Lipinski definition) is 2. The molecule has 0 aliphatic carbocycles. The summed E-state index contributed by atoms with van der Waals surface area (Å²) in [5.41, 5.74) is 1.33. The van der Waals surface area contributed by atoms with Gasteiger partial charge < -0.3 is 15.5 Å². The molecule has 0 aromatic heterocycles. The molecule has 1 aliphatic heterocycles. The fourth-order valence-electron chi connectivity index (χ4n) is 3.55. The Morgan fingerprint density at radius 1 is 1.21 bits per heavy atom. The number of nitrogens with one attached hydrogen (secondary N) is 2. The maximum absolute atomic E-state index is 12.2. The first-order chi connectivity index (χ1) is 12.9. The summed E-state index contributed by atoms with van der Waals surface area (Å²) in [6.45, 7) is 13.7. The highest BCUT2D eigenvalue weighted by atomic mass is 127. The fraction of sp³-hybridized carbons (Fsp3) is 0.636. The predicted octanol–water partition coefficient (Wildman–Crippen LogP) is 3.86. The molecule has 0 spiro atoms. The lowest BCUT2D eigenvalue weighted by Crippen LogP contribution is -2.45. The standard InChI is InChI=1S/C22H36N4O.HI/c1-6-23-22(25-19-12-13-26(15-19)21(27)17(4)5)24-14-20(16(2)3)18-10-8-7-9-11-18;/h7-11,16-17,19-20H,6,12-15H2,1-5H3,(H2,23,24,25);1H. The highest BCUT2D eigenvalue weighted by Crippen LogP contribution is 2.24. The molecular formula is C22H37IN4O. The molecule has 2 rings (SSSR count).